The summed E-state index contributed by atoms with van der Waals surface area (Å²) in [6.07, 6.45) is 1.86. The molecule has 6 heteroatoms. The van der Waals surface area contributed by atoms with E-state index in [-0.39, 0.29) is 28.8 Å². The second-order valence-electron chi connectivity index (χ2n) is 8.17. The quantitative estimate of drug-likeness (QED) is 0.331. The van der Waals surface area contributed by atoms with Crippen LogP contribution in [0.1, 0.15) is 74.1 Å². The molecule has 1 saturated carbocycles. The highest BCUT2D eigenvalue weighted by atomic mass is 35.5. The maximum Gasteiger partial charge on any atom is 0.417 e. The summed E-state index contributed by atoms with van der Waals surface area (Å²) in [4.78, 5) is 5.47. The van der Waals surface area contributed by atoms with Gasteiger partial charge in [0, 0.05) is 10.6 Å². The topological polar surface area (TPSA) is 21.6 Å². The molecule has 2 nitrogen and oxygen atoms in total. The van der Waals surface area contributed by atoms with Crippen molar-refractivity contribution >= 4 is 17.3 Å². The van der Waals surface area contributed by atoms with Gasteiger partial charge in [0.2, 0.25) is 0 Å². The summed E-state index contributed by atoms with van der Waals surface area (Å²) in [5.74, 6) is 0.362. The van der Waals surface area contributed by atoms with Crippen LogP contribution in [0.5, 0.6) is 0 Å². The summed E-state index contributed by atoms with van der Waals surface area (Å²) in [7, 11) is 0. The molecular weight excluding hydrogens is 411 g/mol. The Morgan fingerprint density at radius 3 is 2.33 bits per heavy atom. The number of halogens is 4. The van der Waals surface area contributed by atoms with Gasteiger partial charge in [-0.2, -0.15) is 13.2 Å². The van der Waals surface area contributed by atoms with E-state index in [2.05, 4.69) is 17.3 Å². The Bertz CT molecular complexity index is 869. The predicted octanol–water partition coefficient (Wildman–Crippen LogP) is 7.98. The first kappa shape index (κ1) is 22.7. The Kier molecular flexibility index (Phi) is 7.45. The predicted molar refractivity (Wildman–Crippen MR) is 115 cm³/mol. The van der Waals surface area contributed by atoms with Crippen molar-refractivity contribution in [1.29, 1.82) is 0 Å². The van der Waals surface area contributed by atoms with Crippen LogP contribution in [0.15, 0.2) is 47.6 Å². The molecule has 162 valence electrons. The molecule has 1 aliphatic carbocycles. The second-order valence-corrected chi connectivity index (χ2v) is 8.61. The first-order chi connectivity index (χ1) is 14.3. The van der Waals surface area contributed by atoms with Gasteiger partial charge in [-0.1, -0.05) is 74.1 Å². The third-order valence-electron chi connectivity index (χ3n) is 5.56. The fourth-order valence-electron chi connectivity index (χ4n) is 3.94. The van der Waals surface area contributed by atoms with E-state index in [0.717, 1.165) is 11.6 Å². The van der Waals surface area contributed by atoms with Crippen molar-refractivity contribution in [3.05, 3.63) is 69.7 Å². The summed E-state index contributed by atoms with van der Waals surface area (Å²) >= 11 is 5.96. The summed E-state index contributed by atoms with van der Waals surface area (Å²) < 4.78 is 40.3. The third kappa shape index (κ3) is 5.78. The van der Waals surface area contributed by atoms with E-state index in [0.29, 0.717) is 5.92 Å². The average molecular weight is 438 g/mol. The zero-order valence-corrected chi connectivity index (χ0v) is 18.1. The molecule has 0 atom stereocenters. The summed E-state index contributed by atoms with van der Waals surface area (Å²) in [5, 5.41) is 4.30. The van der Waals surface area contributed by atoms with Crippen LogP contribution in [0.2, 0.25) is 5.02 Å². The molecule has 0 bridgehead atoms. The Morgan fingerprint density at radius 2 is 1.73 bits per heavy atom. The lowest BCUT2D eigenvalue weighted by atomic mass is 9.84. The van der Waals surface area contributed by atoms with E-state index in [9.17, 15) is 13.2 Å². The van der Waals surface area contributed by atoms with Gasteiger partial charge in [-0.05, 0) is 54.0 Å². The molecule has 1 fully saturated rings. The number of benzene rings is 2. The molecule has 0 N–H and O–H groups in total. The lowest BCUT2D eigenvalue weighted by Gasteiger charge is -2.22. The highest BCUT2D eigenvalue weighted by Gasteiger charge is 2.35. The number of alkyl halides is 3. The third-order valence-corrected chi connectivity index (χ3v) is 5.80. The average Bonchev–Trinajstić information content (AvgIpc) is 2.71. The van der Waals surface area contributed by atoms with Crippen molar-refractivity contribution in [3.63, 3.8) is 0 Å². The van der Waals surface area contributed by atoms with Crippen LogP contribution < -0.4 is 0 Å². The van der Waals surface area contributed by atoms with Crippen molar-refractivity contribution in [2.24, 2.45) is 11.1 Å². The van der Waals surface area contributed by atoms with Crippen molar-refractivity contribution in [3.8, 4) is 0 Å². The van der Waals surface area contributed by atoms with Gasteiger partial charge in [-0.25, -0.2) is 0 Å². The molecular formula is C24H27ClF3NO. The first-order valence-corrected chi connectivity index (χ1v) is 10.8. The molecule has 0 radical (unpaired) electrons. The minimum atomic E-state index is -4.50. The van der Waals surface area contributed by atoms with Gasteiger partial charge in [0.25, 0.3) is 0 Å². The zero-order valence-electron chi connectivity index (χ0n) is 17.3. The molecule has 0 heterocycles. The summed E-state index contributed by atoms with van der Waals surface area (Å²) in [6.45, 7) is 3.76. The van der Waals surface area contributed by atoms with Gasteiger partial charge in [-0.3, -0.25) is 0 Å². The van der Waals surface area contributed by atoms with Gasteiger partial charge in [0.1, 0.15) is 6.61 Å². The van der Waals surface area contributed by atoms with Crippen molar-refractivity contribution in [1.82, 2.24) is 0 Å². The van der Waals surface area contributed by atoms with Gasteiger partial charge in [0.05, 0.1) is 11.3 Å². The monoisotopic (exact) mass is 437 g/mol. The van der Waals surface area contributed by atoms with Gasteiger partial charge >= 0.3 is 6.18 Å². The van der Waals surface area contributed by atoms with Crippen molar-refractivity contribution in [2.75, 3.05) is 0 Å². The van der Waals surface area contributed by atoms with E-state index >= 15 is 0 Å². The molecule has 2 aromatic rings. The minimum absolute atomic E-state index is 0.0438. The molecule has 3 rings (SSSR count). The molecule has 30 heavy (non-hydrogen) atoms. The van der Waals surface area contributed by atoms with Crippen LogP contribution in [0.25, 0.3) is 0 Å². The number of hydrogen-bond acceptors (Lipinski definition) is 2. The van der Waals surface area contributed by atoms with E-state index < -0.39 is 11.7 Å². The number of rotatable bonds is 6. The van der Waals surface area contributed by atoms with Crippen LogP contribution in [-0.4, -0.2) is 5.71 Å². The van der Waals surface area contributed by atoms with Crippen LogP contribution in [-0.2, 0) is 17.6 Å². The van der Waals surface area contributed by atoms with Gasteiger partial charge in [0.15, 0.2) is 0 Å². The Balaban J connectivity index is 1.74. The van der Waals surface area contributed by atoms with Crippen LogP contribution in [0.4, 0.5) is 13.2 Å². The lowest BCUT2D eigenvalue weighted by Crippen LogP contribution is -2.18. The second kappa shape index (κ2) is 9.86. The number of hydrogen-bond donors (Lipinski definition) is 0. The Hall–Kier alpha value is -2.01. The van der Waals surface area contributed by atoms with Gasteiger partial charge < -0.3 is 4.84 Å². The number of nitrogens with zero attached hydrogens (tertiary/aromatic N) is 1. The lowest BCUT2D eigenvalue weighted by molar-refractivity contribution is -0.137. The van der Waals surface area contributed by atoms with E-state index in [1.807, 2.05) is 12.1 Å². The Morgan fingerprint density at radius 1 is 1.07 bits per heavy atom. The summed E-state index contributed by atoms with van der Waals surface area (Å²) in [5.41, 5.74) is 1.70. The van der Waals surface area contributed by atoms with Crippen LogP contribution in [0, 0.1) is 5.92 Å². The first-order valence-electron chi connectivity index (χ1n) is 10.4. The molecule has 0 saturated heterocycles. The molecule has 0 aromatic heterocycles. The maximum atomic E-state index is 13.4. The van der Waals surface area contributed by atoms with Gasteiger partial charge in [-0.15, -0.1) is 0 Å². The highest BCUT2D eigenvalue weighted by Crippen LogP contribution is 2.35. The van der Waals surface area contributed by atoms with Crippen LogP contribution >= 0.6 is 11.6 Å². The molecule has 0 unspecified atom stereocenters. The molecule has 0 spiro atoms. The molecule has 0 aliphatic heterocycles. The van der Waals surface area contributed by atoms with E-state index in [1.165, 1.54) is 49.8 Å². The SMILES string of the molecule is CC(C)C(=NOCc1ccc(C2CCCCC2)cc1)c1cc(Cl)ccc1C(F)(F)F. The Labute approximate surface area is 181 Å². The molecule has 2 aromatic carbocycles. The maximum absolute atomic E-state index is 13.4. The largest absolute Gasteiger partial charge is 0.417 e. The standard InChI is InChI=1S/C24H27ClF3NO/c1-16(2)23(21-14-20(25)12-13-22(21)24(26,27)28)29-30-15-17-8-10-19(11-9-17)18-6-4-3-5-7-18/h8-14,16,18H,3-7,15H2,1-2H3. The fraction of sp³-hybridized carbons (Fsp3) is 0.458. The molecule has 1 aliphatic rings. The molecule has 0 amide bonds. The van der Waals surface area contributed by atoms with E-state index in [1.54, 1.807) is 13.8 Å². The van der Waals surface area contributed by atoms with Crippen molar-refractivity contribution in [2.45, 2.75) is 64.7 Å². The highest BCUT2D eigenvalue weighted by molar-refractivity contribution is 6.31. The van der Waals surface area contributed by atoms with Crippen molar-refractivity contribution < 1.29 is 18.0 Å². The normalized spacial score (nSPS) is 16.2. The smallest absolute Gasteiger partial charge is 0.391 e. The summed E-state index contributed by atoms with van der Waals surface area (Å²) in [6, 6.07) is 11.8. The fourth-order valence-corrected chi connectivity index (χ4v) is 4.11. The van der Waals surface area contributed by atoms with E-state index in [4.69, 9.17) is 16.4 Å². The number of oxime groups is 1. The van der Waals surface area contributed by atoms with Crippen LogP contribution in [0.3, 0.4) is 0 Å². The minimum Gasteiger partial charge on any atom is -0.391 e. The zero-order chi connectivity index (χ0) is 21.7.